The third kappa shape index (κ3) is 2.70. The smallest absolute Gasteiger partial charge is 0.253 e. The van der Waals surface area contributed by atoms with Gasteiger partial charge in [-0.05, 0) is 49.9 Å². The van der Waals surface area contributed by atoms with Crippen LogP contribution in [-0.4, -0.2) is 30.4 Å². The van der Waals surface area contributed by atoms with E-state index in [0.29, 0.717) is 30.1 Å². The summed E-state index contributed by atoms with van der Waals surface area (Å²) in [4.78, 5) is 14.0. The molecule has 0 radical (unpaired) electrons. The molecular formula is C14H19FN2O. The molecule has 2 N–H and O–H groups in total. The molecule has 18 heavy (non-hydrogen) atoms. The maximum Gasteiger partial charge on any atom is 0.253 e. The van der Waals surface area contributed by atoms with Crippen LogP contribution in [-0.2, 0) is 0 Å². The molecule has 1 unspecified atom stereocenters. The number of benzene rings is 1. The Balaban J connectivity index is 2.12. The largest absolute Gasteiger partial charge is 0.338 e. The van der Waals surface area contributed by atoms with E-state index in [4.69, 9.17) is 5.73 Å². The van der Waals surface area contributed by atoms with Crippen LogP contribution < -0.4 is 5.73 Å². The Bertz CT molecular complexity index is 447. The summed E-state index contributed by atoms with van der Waals surface area (Å²) in [6.45, 7) is 3.72. The first-order valence-electron chi connectivity index (χ1n) is 6.37. The van der Waals surface area contributed by atoms with Crippen molar-refractivity contribution in [3.05, 3.63) is 35.1 Å². The second-order valence-corrected chi connectivity index (χ2v) is 4.96. The topological polar surface area (TPSA) is 46.3 Å². The van der Waals surface area contributed by atoms with Gasteiger partial charge in [0.15, 0.2) is 0 Å². The molecule has 2 rings (SSSR count). The quantitative estimate of drug-likeness (QED) is 0.872. The molecule has 0 spiro atoms. The van der Waals surface area contributed by atoms with Crippen LogP contribution in [0, 0.1) is 18.7 Å². The van der Waals surface area contributed by atoms with Gasteiger partial charge < -0.3 is 10.6 Å². The van der Waals surface area contributed by atoms with E-state index in [0.717, 1.165) is 19.4 Å². The van der Waals surface area contributed by atoms with Gasteiger partial charge in [0.25, 0.3) is 5.91 Å². The monoisotopic (exact) mass is 250 g/mol. The molecule has 0 aromatic heterocycles. The molecule has 1 heterocycles. The minimum absolute atomic E-state index is 0.0907. The van der Waals surface area contributed by atoms with Crippen LogP contribution in [0.1, 0.15) is 28.8 Å². The van der Waals surface area contributed by atoms with E-state index in [-0.39, 0.29) is 11.7 Å². The molecular weight excluding hydrogens is 231 g/mol. The number of aryl methyl sites for hydroxylation is 1. The van der Waals surface area contributed by atoms with Gasteiger partial charge in [-0.25, -0.2) is 4.39 Å². The molecule has 1 aromatic carbocycles. The predicted octanol–water partition coefficient (Wildman–Crippen LogP) is 1.95. The van der Waals surface area contributed by atoms with E-state index >= 15 is 0 Å². The Kier molecular flexibility index (Phi) is 3.97. The van der Waals surface area contributed by atoms with Crippen molar-refractivity contribution >= 4 is 5.91 Å². The third-order valence-corrected chi connectivity index (χ3v) is 3.56. The number of carbonyl (C=O) groups is 1. The highest BCUT2D eigenvalue weighted by molar-refractivity contribution is 5.94. The zero-order chi connectivity index (χ0) is 13.1. The van der Waals surface area contributed by atoms with E-state index < -0.39 is 0 Å². The lowest BCUT2D eigenvalue weighted by atomic mass is 9.97. The molecule has 1 aromatic rings. The van der Waals surface area contributed by atoms with Gasteiger partial charge in [-0.15, -0.1) is 0 Å². The summed E-state index contributed by atoms with van der Waals surface area (Å²) in [5.74, 6) is -0.0433. The molecule has 1 aliphatic heterocycles. The fourth-order valence-electron chi connectivity index (χ4n) is 2.35. The molecule has 1 fully saturated rings. The number of carbonyl (C=O) groups excluding carboxylic acids is 1. The highest BCUT2D eigenvalue weighted by Gasteiger charge is 2.23. The lowest BCUT2D eigenvalue weighted by molar-refractivity contribution is 0.0677. The lowest BCUT2D eigenvalue weighted by Gasteiger charge is -2.32. The number of halogens is 1. The minimum Gasteiger partial charge on any atom is -0.338 e. The maximum atomic E-state index is 13.5. The normalized spacial score (nSPS) is 19.9. The number of piperidine rings is 1. The summed E-state index contributed by atoms with van der Waals surface area (Å²) in [6.07, 6.45) is 2.05. The molecule has 1 saturated heterocycles. The Morgan fingerprint density at radius 3 is 3.00 bits per heavy atom. The summed E-state index contributed by atoms with van der Waals surface area (Å²) in [5, 5.41) is 0. The van der Waals surface area contributed by atoms with Gasteiger partial charge in [0.1, 0.15) is 5.82 Å². The predicted molar refractivity (Wildman–Crippen MR) is 68.8 cm³/mol. The van der Waals surface area contributed by atoms with Crippen LogP contribution in [0.15, 0.2) is 18.2 Å². The molecule has 0 bridgehead atoms. The Hall–Kier alpha value is -1.42. The van der Waals surface area contributed by atoms with Crippen LogP contribution in [0.3, 0.4) is 0 Å². The van der Waals surface area contributed by atoms with Gasteiger partial charge in [-0.1, -0.05) is 6.07 Å². The number of nitrogens with zero attached hydrogens (tertiary/aromatic N) is 1. The van der Waals surface area contributed by atoms with Gasteiger partial charge in [0.2, 0.25) is 0 Å². The first-order valence-corrected chi connectivity index (χ1v) is 6.37. The lowest BCUT2D eigenvalue weighted by Crippen LogP contribution is -2.42. The summed E-state index contributed by atoms with van der Waals surface area (Å²) >= 11 is 0. The summed E-state index contributed by atoms with van der Waals surface area (Å²) in [6, 6.07) is 4.66. The second-order valence-electron chi connectivity index (χ2n) is 4.96. The Morgan fingerprint density at radius 1 is 1.56 bits per heavy atom. The summed E-state index contributed by atoms with van der Waals surface area (Å²) in [5.41, 5.74) is 6.64. The summed E-state index contributed by atoms with van der Waals surface area (Å²) in [7, 11) is 0. The van der Waals surface area contributed by atoms with E-state index in [2.05, 4.69) is 0 Å². The molecule has 1 aliphatic rings. The first kappa shape index (κ1) is 13.0. The van der Waals surface area contributed by atoms with Gasteiger partial charge in [0, 0.05) is 18.7 Å². The van der Waals surface area contributed by atoms with Crippen molar-refractivity contribution in [2.75, 3.05) is 19.6 Å². The third-order valence-electron chi connectivity index (χ3n) is 3.56. The van der Waals surface area contributed by atoms with E-state index in [9.17, 15) is 9.18 Å². The van der Waals surface area contributed by atoms with Crippen molar-refractivity contribution in [2.45, 2.75) is 19.8 Å². The van der Waals surface area contributed by atoms with E-state index in [1.807, 2.05) is 0 Å². The highest BCUT2D eigenvalue weighted by Crippen LogP contribution is 2.18. The zero-order valence-corrected chi connectivity index (χ0v) is 10.7. The van der Waals surface area contributed by atoms with E-state index in [1.54, 1.807) is 24.0 Å². The minimum atomic E-state index is -0.326. The van der Waals surface area contributed by atoms with Gasteiger partial charge >= 0.3 is 0 Å². The number of nitrogens with two attached hydrogens (primary N) is 1. The van der Waals surface area contributed by atoms with Crippen LogP contribution in [0.2, 0.25) is 0 Å². The molecule has 3 nitrogen and oxygen atoms in total. The van der Waals surface area contributed by atoms with Crippen molar-refractivity contribution in [2.24, 2.45) is 11.7 Å². The van der Waals surface area contributed by atoms with Crippen LogP contribution in [0.25, 0.3) is 0 Å². The van der Waals surface area contributed by atoms with Crippen molar-refractivity contribution in [3.8, 4) is 0 Å². The second kappa shape index (κ2) is 5.48. The maximum absolute atomic E-state index is 13.5. The Labute approximate surface area is 107 Å². The number of amides is 1. The molecule has 0 aliphatic carbocycles. The van der Waals surface area contributed by atoms with Crippen molar-refractivity contribution in [1.82, 2.24) is 4.90 Å². The number of likely N-dealkylation sites (tertiary alicyclic amines) is 1. The number of hydrogen-bond donors (Lipinski definition) is 1. The molecule has 4 heteroatoms. The van der Waals surface area contributed by atoms with Gasteiger partial charge in [-0.3, -0.25) is 4.79 Å². The number of hydrogen-bond acceptors (Lipinski definition) is 2. The molecule has 1 amide bonds. The zero-order valence-electron chi connectivity index (χ0n) is 10.7. The molecule has 98 valence electrons. The van der Waals surface area contributed by atoms with Gasteiger partial charge in [0.05, 0.1) is 0 Å². The summed E-state index contributed by atoms with van der Waals surface area (Å²) < 4.78 is 13.5. The Morgan fingerprint density at radius 2 is 2.33 bits per heavy atom. The van der Waals surface area contributed by atoms with Gasteiger partial charge in [-0.2, -0.15) is 0 Å². The molecule has 0 saturated carbocycles. The molecule has 1 atom stereocenters. The van der Waals surface area contributed by atoms with Crippen LogP contribution in [0.4, 0.5) is 4.39 Å². The van der Waals surface area contributed by atoms with Crippen molar-refractivity contribution < 1.29 is 9.18 Å². The van der Waals surface area contributed by atoms with Crippen LogP contribution in [0.5, 0.6) is 0 Å². The van der Waals surface area contributed by atoms with Crippen molar-refractivity contribution in [1.29, 1.82) is 0 Å². The average molecular weight is 250 g/mol. The van der Waals surface area contributed by atoms with Crippen molar-refractivity contribution in [3.63, 3.8) is 0 Å². The highest BCUT2D eigenvalue weighted by atomic mass is 19.1. The average Bonchev–Trinajstić information content (AvgIpc) is 2.41. The van der Waals surface area contributed by atoms with E-state index in [1.165, 1.54) is 6.07 Å². The standard InChI is InChI=1S/C14H19FN2O/c1-10-4-5-12(7-13(10)15)14(18)17-6-2-3-11(8-16)9-17/h4-5,7,11H,2-3,6,8-9,16H2,1H3. The number of rotatable bonds is 2. The fraction of sp³-hybridized carbons (Fsp3) is 0.500. The van der Waals surface area contributed by atoms with Crippen LogP contribution >= 0.6 is 0 Å². The SMILES string of the molecule is Cc1ccc(C(=O)N2CCCC(CN)C2)cc1F. The first-order chi connectivity index (χ1) is 8.61. The fourth-order valence-corrected chi connectivity index (χ4v) is 2.35.